The number of carbonyl (C=O) groups excluding carboxylic acids is 1. The number of nitrogens with zero attached hydrogens (tertiary/aromatic N) is 2. The number of likely N-dealkylation sites (tertiary alicyclic amines) is 1. The molecule has 112 valence electrons. The summed E-state index contributed by atoms with van der Waals surface area (Å²) >= 11 is 0. The molecule has 1 saturated heterocycles. The summed E-state index contributed by atoms with van der Waals surface area (Å²) in [6.07, 6.45) is 5.39. The molecule has 2 heterocycles. The maximum atomic E-state index is 12.8. The van der Waals surface area contributed by atoms with Crippen LogP contribution in [0.1, 0.15) is 38.3 Å². The third kappa shape index (κ3) is 2.20. The molecule has 5 heteroatoms. The summed E-state index contributed by atoms with van der Waals surface area (Å²) in [5, 5.41) is 9.25. The molecule has 0 aromatic carbocycles. The van der Waals surface area contributed by atoms with E-state index in [0.717, 1.165) is 18.4 Å². The van der Waals surface area contributed by atoms with Gasteiger partial charge in [-0.1, -0.05) is 19.9 Å². The van der Waals surface area contributed by atoms with Crippen LogP contribution < -0.4 is 0 Å². The Morgan fingerprint density at radius 3 is 2.71 bits per heavy atom. The molecule has 21 heavy (non-hydrogen) atoms. The van der Waals surface area contributed by atoms with Crippen molar-refractivity contribution in [1.29, 1.82) is 0 Å². The van der Waals surface area contributed by atoms with E-state index >= 15 is 0 Å². The van der Waals surface area contributed by atoms with Gasteiger partial charge in [0.2, 0.25) is 5.91 Å². The first-order chi connectivity index (χ1) is 9.94. The van der Waals surface area contributed by atoms with Crippen LogP contribution in [0.5, 0.6) is 0 Å². The maximum absolute atomic E-state index is 12.8. The van der Waals surface area contributed by atoms with E-state index in [4.69, 9.17) is 0 Å². The topological polar surface area (TPSA) is 70.5 Å². The van der Waals surface area contributed by atoms with Crippen molar-refractivity contribution in [2.24, 2.45) is 17.3 Å². The van der Waals surface area contributed by atoms with Crippen LogP contribution in [0.15, 0.2) is 24.5 Å². The molecular formula is C16H20N2O3. The van der Waals surface area contributed by atoms with Gasteiger partial charge in [0.05, 0.1) is 17.9 Å². The Morgan fingerprint density at radius 1 is 1.38 bits per heavy atom. The highest BCUT2D eigenvalue weighted by atomic mass is 16.4. The van der Waals surface area contributed by atoms with Crippen LogP contribution >= 0.6 is 0 Å². The minimum atomic E-state index is -0.865. The zero-order valence-corrected chi connectivity index (χ0v) is 12.3. The second kappa shape index (κ2) is 4.83. The lowest BCUT2D eigenvalue weighted by atomic mass is 10.1. The summed E-state index contributed by atoms with van der Waals surface area (Å²) in [5.41, 5.74) is 0.596. The van der Waals surface area contributed by atoms with Gasteiger partial charge in [-0.05, 0) is 29.9 Å². The minimum Gasteiger partial charge on any atom is -0.481 e. The van der Waals surface area contributed by atoms with Gasteiger partial charge in [0, 0.05) is 18.9 Å². The fourth-order valence-electron chi connectivity index (χ4n) is 3.69. The third-order valence-corrected chi connectivity index (χ3v) is 4.96. The molecule has 3 atom stereocenters. The average Bonchev–Trinajstić information content (AvgIpc) is 2.84. The minimum absolute atomic E-state index is 0.0150. The molecule has 1 aromatic heterocycles. The van der Waals surface area contributed by atoms with Gasteiger partial charge < -0.3 is 10.0 Å². The van der Waals surface area contributed by atoms with Crippen molar-refractivity contribution in [2.75, 3.05) is 6.54 Å². The van der Waals surface area contributed by atoms with Crippen molar-refractivity contribution in [3.05, 3.63) is 30.1 Å². The van der Waals surface area contributed by atoms with Gasteiger partial charge in [0.15, 0.2) is 0 Å². The van der Waals surface area contributed by atoms with Crippen LogP contribution in [0.2, 0.25) is 0 Å². The first-order valence-electron chi connectivity index (χ1n) is 7.38. The zero-order valence-electron chi connectivity index (χ0n) is 12.3. The summed E-state index contributed by atoms with van der Waals surface area (Å²) in [6, 6.07) is 3.89. The van der Waals surface area contributed by atoms with Gasteiger partial charge in [-0.15, -0.1) is 0 Å². The van der Waals surface area contributed by atoms with E-state index in [1.165, 1.54) is 0 Å². The van der Waals surface area contributed by atoms with Crippen molar-refractivity contribution in [1.82, 2.24) is 9.88 Å². The van der Waals surface area contributed by atoms with Crippen LogP contribution in [-0.2, 0) is 9.59 Å². The van der Waals surface area contributed by atoms with Gasteiger partial charge in [-0.2, -0.15) is 0 Å². The molecule has 1 amide bonds. The molecule has 3 unspecified atom stereocenters. The predicted octanol–water partition coefficient (Wildman–Crippen LogP) is 2.10. The SMILES string of the molecule is CC1(C)C(C(=O)O)C1C(=O)N1CCCC1c1cccnc1. The number of aliphatic carboxylic acids is 1. The van der Waals surface area contributed by atoms with Crippen LogP contribution in [-0.4, -0.2) is 33.4 Å². The summed E-state index contributed by atoms with van der Waals surface area (Å²) < 4.78 is 0. The Hall–Kier alpha value is -1.91. The Bertz CT molecular complexity index is 570. The molecule has 1 aliphatic carbocycles. The fraction of sp³-hybridized carbons (Fsp3) is 0.562. The predicted molar refractivity (Wildman–Crippen MR) is 76.3 cm³/mol. The van der Waals surface area contributed by atoms with Gasteiger partial charge >= 0.3 is 5.97 Å². The highest BCUT2D eigenvalue weighted by Crippen LogP contribution is 2.59. The zero-order chi connectivity index (χ0) is 15.2. The van der Waals surface area contributed by atoms with E-state index in [1.807, 2.05) is 30.9 Å². The number of carboxylic acids is 1. The van der Waals surface area contributed by atoms with Crippen LogP contribution in [0.3, 0.4) is 0 Å². The molecule has 2 aliphatic rings. The molecule has 3 rings (SSSR count). The number of carboxylic acid groups (broad SMARTS) is 1. The number of pyridine rings is 1. The molecule has 5 nitrogen and oxygen atoms in total. The molecule has 0 bridgehead atoms. The summed E-state index contributed by atoms with van der Waals surface area (Å²) in [7, 11) is 0. The summed E-state index contributed by atoms with van der Waals surface area (Å²) in [5.74, 6) is -1.83. The highest BCUT2D eigenvalue weighted by molar-refractivity contribution is 5.92. The van der Waals surface area contributed by atoms with Crippen molar-refractivity contribution < 1.29 is 14.7 Å². The van der Waals surface area contributed by atoms with E-state index in [9.17, 15) is 14.7 Å². The second-order valence-electron chi connectivity index (χ2n) is 6.59. The molecule has 0 radical (unpaired) electrons. The lowest BCUT2D eigenvalue weighted by Gasteiger charge is -2.25. The first kappa shape index (κ1) is 14.0. The standard InChI is InChI=1S/C16H20N2O3/c1-16(2)12(13(16)15(20)21)14(19)18-8-4-6-11(18)10-5-3-7-17-9-10/h3,5,7,9,11-13H,4,6,8H2,1-2H3,(H,20,21). The Balaban J connectivity index is 1.81. The van der Waals surface area contributed by atoms with Crippen LogP contribution in [0, 0.1) is 17.3 Å². The number of amides is 1. The first-order valence-corrected chi connectivity index (χ1v) is 7.38. The van der Waals surface area contributed by atoms with Crippen LogP contribution in [0.4, 0.5) is 0 Å². The largest absolute Gasteiger partial charge is 0.481 e. The number of carbonyl (C=O) groups is 2. The smallest absolute Gasteiger partial charge is 0.307 e. The molecule has 1 aliphatic heterocycles. The molecule has 0 spiro atoms. The Labute approximate surface area is 124 Å². The average molecular weight is 288 g/mol. The lowest BCUT2D eigenvalue weighted by molar-refractivity contribution is -0.142. The van der Waals surface area contributed by atoms with E-state index in [0.29, 0.717) is 6.54 Å². The van der Waals surface area contributed by atoms with Gasteiger partial charge in [0.1, 0.15) is 0 Å². The summed E-state index contributed by atoms with van der Waals surface area (Å²) in [4.78, 5) is 30.0. The van der Waals surface area contributed by atoms with Crippen molar-refractivity contribution in [2.45, 2.75) is 32.7 Å². The van der Waals surface area contributed by atoms with Gasteiger partial charge in [0.25, 0.3) is 0 Å². The molecule has 1 aromatic rings. The fourth-order valence-corrected chi connectivity index (χ4v) is 3.69. The van der Waals surface area contributed by atoms with E-state index < -0.39 is 23.2 Å². The maximum Gasteiger partial charge on any atom is 0.307 e. The number of rotatable bonds is 3. The Morgan fingerprint density at radius 2 is 2.14 bits per heavy atom. The monoisotopic (exact) mass is 288 g/mol. The Kier molecular flexibility index (Phi) is 3.23. The van der Waals surface area contributed by atoms with Gasteiger partial charge in [-0.25, -0.2) is 0 Å². The van der Waals surface area contributed by atoms with Crippen molar-refractivity contribution in [3.63, 3.8) is 0 Å². The molecule has 1 saturated carbocycles. The van der Waals surface area contributed by atoms with E-state index in [2.05, 4.69) is 4.98 Å². The van der Waals surface area contributed by atoms with E-state index in [-0.39, 0.29) is 11.9 Å². The van der Waals surface area contributed by atoms with Gasteiger partial charge in [-0.3, -0.25) is 14.6 Å². The van der Waals surface area contributed by atoms with Crippen molar-refractivity contribution in [3.8, 4) is 0 Å². The highest BCUT2D eigenvalue weighted by Gasteiger charge is 2.67. The normalized spacial score (nSPS) is 30.2. The summed E-state index contributed by atoms with van der Waals surface area (Å²) in [6.45, 7) is 4.43. The van der Waals surface area contributed by atoms with Crippen molar-refractivity contribution >= 4 is 11.9 Å². The van der Waals surface area contributed by atoms with E-state index in [1.54, 1.807) is 12.4 Å². The molecular weight excluding hydrogens is 268 g/mol. The number of aromatic nitrogens is 1. The second-order valence-corrected chi connectivity index (χ2v) is 6.59. The number of hydrogen-bond donors (Lipinski definition) is 1. The molecule has 2 fully saturated rings. The van der Waals surface area contributed by atoms with Crippen LogP contribution in [0.25, 0.3) is 0 Å². The number of hydrogen-bond acceptors (Lipinski definition) is 3. The quantitative estimate of drug-likeness (QED) is 0.924. The lowest BCUT2D eigenvalue weighted by Crippen LogP contribution is -2.33. The molecule has 1 N–H and O–H groups in total. The third-order valence-electron chi connectivity index (χ3n) is 4.96.